The van der Waals surface area contributed by atoms with Gasteiger partial charge in [0, 0.05) is 0 Å². The Bertz CT molecular complexity index is 721. The third-order valence-electron chi connectivity index (χ3n) is 5.63. The molecule has 0 radical (unpaired) electrons. The summed E-state index contributed by atoms with van der Waals surface area (Å²) in [5.41, 5.74) is 1.06. The van der Waals surface area contributed by atoms with Gasteiger partial charge in [-0.15, -0.1) is 0 Å². The summed E-state index contributed by atoms with van der Waals surface area (Å²) in [6.07, 6.45) is 9.59. The van der Waals surface area contributed by atoms with Crippen LogP contribution >= 0.6 is 11.8 Å². The Morgan fingerprint density at radius 1 is 0.893 bits per heavy atom. The molecular weight excluding hydrogens is 368 g/mol. The molecular formula is C22H30N4OS. The molecule has 1 amide bonds. The lowest BCUT2D eigenvalue weighted by Gasteiger charge is -2.30. The molecule has 0 aromatic heterocycles. The van der Waals surface area contributed by atoms with E-state index >= 15 is 0 Å². The lowest BCUT2D eigenvalue weighted by molar-refractivity contribution is -0.123. The van der Waals surface area contributed by atoms with Crippen LogP contribution in [0, 0.1) is 0 Å². The minimum absolute atomic E-state index is 0.0943. The molecule has 4 rings (SSSR count). The topological polar surface area (TPSA) is 39.2 Å². The second kappa shape index (κ2) is 9.72. The van der Waals surface area contributed by atoms with Crippen LogP contribution in [0.15, 0.2) is 40.2 Å². The zero-order valence-corrected chi connectivity index (χ0v) is 17.4. The summed E-state index contributed by atoms with van der Waals surface area (Å²) in [4.78, 5) is 25.5. The summed E-state index contributed by atoms with van der Waals surface area (Å²) in [6, 6.07) is 10.1. The van der Waals surface area contributed by atoms with E-state index in [2.05, 4.69) is 9.80 Å². The molecule has 0 unspecified atom stereocenters. The minimum atomic E-state index is 0.0943. The first kappa shape index (κ1) is 19.7. The number of carbonyl (C=O) groups excluding carboxylic acids is 1. The average Bonchev–Trinajstić information content (AvgIpc) is 3.03. The highest BCUT2D eigenvalue weighted by Gasteiger charge is 2.34. The summed E-state index contributed by atoms with van der Waals surface area (Å²) < 4.78 is 0. The molecule has 1 aromatic carbocycles. The number of piperidine rings is 2. The number of carbonyl (C=O) groups is 1. The Morgan fingerprint density at radius 2 is 1.54 bits per heavy atom. The third-order valence-corrected chi connectivity index (χ3v) is 6.67. The summed E-state index contributed by atoms with van der Waals surface area (Å²) >= 11 is 1.53. The number of hydrogen-bond acceptors (Lipinski definition) is 5. The number of amidine groups is 1. The molecule has 150 valence electrons. The Kier molecular flexibility index (Phi) is 6.83. The Balaban J connectivity index is 1.51. The first-order chi connectivity index (χ1) is 13.8. The van der Waals surface area contributed by atoms with Crippen LogP contribution in [0.1, 0.15) is 44.1 Å². The smallest absolute Gasteiger partial charge is 0.267 e. The van der Waals surface area contributed by atoms with Crippen LogP contribution in [0.5, 0.6) is 0 Å². The second-order valence-corrected chi connectivity index (χ2v) is 8.84. The van der Waals surface area contributed by atoms with Crippen LogP contribution in [-0.2, 0) is 4.79 Å². The first-order valence-electron chi connectivity index (χ1n) is 10.6. The Labute approximate surface area is 172 Å². The fourth-order valence-corrected chi connectivity index (χ4v) is 4.98. The third kappa shape index (κ3) is 5.04. The van der Waals surface area contributed by atoms with Gasteiger partial charge >= 0.3 is 0 Å². The number of amides is 1. The van der Waals surface area contributed by atoms with Crippen molar-refractivity contribution in [2.24, 2.45) is 4.99 Å². The molecule has 0 saturated carbocycles. The van der Waals surface area contributed by atoms with Gasteiger partial charge in [0.2, 0.25) is 0 Å². The highest BCUT2D eigenvalue weighted by Crippen LogP contribution is 2.33. The van der Waals surface area contributed by atoms with Crippen molar-refractivity contribution in [2.75, 3.05) is 39.5 Å². The summed E-state index contributed by atoms with van der Waals surface area (Å²) in [5, 5.41) is 0.864. The largest absolute Gasteiger partial charge is 0.286 e. The predicted molar refractivity (Wildman–Crippen MR) is 117 cm³/mol. The van der Waals surface area contributed by atoms with Gasteiger partial charge in [-0.3, -0.25) is 19.5 Å². The molecule has 0 spiro atoms. The standard InChI is InChI=1S/C22H30N4OS/c27-21-20(16-19-10-4-1-5-11-19)28-22(23-17-24-12-6-2-7-13-24)26(21)18-25-14-8-3-9-15-25/h1,4-5,10-11,16H,2-3,6-9,12-15,17-18H2/b20-16-,23-22-. The van der Waals surface area contributed by atoms with Crippen LogP contribution in [0.4, 0.5) is 0 Å². The zero-order chi connectivity index (χ0) is 19.2. The van der Waals surface area contributed by atoms with Crippen molar-refractivity contribution < 1.29 is 4.79 Å². The quantitative estimate of drug-likeness (QED) is 0.707. The molecule has 6 heteroatoms. The Hall–Kier alpha value is -1.63. The van der Waals surface area contributed by atoms with Crippen molar-refractivity contribution in [3.63, 3.8) is 0 Å². The predicted octanol–water partition coefficient (Wildman–Crippen LogP) is 3.85. The molecule has 3 saturated heterocycles. The molecule has 3 aliphatic heterocycles. The molecule has 0 bridgehead atoms. The van der Waals surface area contributed by atoms with Crippen molar-refractivity contribution >= 4 is 28.9 Å². The van der Waals surface area contributed by atoms with Gasteiger partial charge < -0.3 is 0 Å². The van der Waals surface area contributed by atoms with Gasteiger partial charge in [-0.25, -0.2) is 4.99 Å². The molecule has 5 nitrogen and oxygen atoms in total. The van der Waals surface area contributed by atoms with Gasteiger partial charge in [-0.1, -0.05) is 43.2 Å². The molecule has 28 heavy (non-hydrogen) atoms. The fraction of sp³-hybridized carbons (Fsp3) is 0.545. The first-order valence-corrected chi connectivity index (χ1v) is 11.4. The number of likely N-dealkylation sites (tertiary alicyclic amines) is 2. The highest BCUT2D eigenvalue weighted by atomic mass is 32.2. The van der Waals surface area contributed by atoms with Crippen LogP contribution in [-0.4, -0.2) is 65.3 Å². The summed E-state index contributed by atoms with van der Waals surface area (Å²) in [7, 11) is 0. The zero-order valence-electron chi connectivity index (χ0n) is 16.6. The van der Waals surface area contributed by atoms with Gasteiger partial charge in [0.1, 0.15) is 0 Å². The highest BCUT2D eigenvalue weighted by molar-refractivity contribution is 8.18. The van der Waals surface area contributed by atoms with Crippen molar-refractivity contribution in [1.29, 1.82) is 0 Å². The molecule has 3 fully saturated rings. The summed E-state index contributed by atoms with van der Waals surface area (Å²) in [5.74, 6) is 0.0943. The fourth-order valence-electron chi connectivity index (χ4n) is 4.01. The van der Waals surface area contributed by atoms with E-state index in [0.29, 0.717) is 13.3 Å². The number of benzene rings is 1. The van der Waals surface area contributed by atoms with E-state index in [1.807, 2.05) is 41.3 Å². The number of nitrogens with zero attached hydrogens (tertiary/aromatic N) is 4. The Morgan fingerprint density at radius 3 is 2.21 bits per heavy atom. The lowest BCUT2D eigenvalue weighted by atomic mass is 10.1. The van der Waals surface area contributed by atoms with E-state index in [9.17, 15) is 4.79 Å². The molecule has 3 aliphatic rings. The SMILES string of the molecule is O=C1/C(=C/c2ccccc2)S/C(=N\CN2CCCCC2)N1CN1CCCCC1. The van der Waals surface area contributed by atoms with Gasteiger partial charge in [-0.2, -0.15) is 0 Å². The van der Waals surface area contributed by atoms with Crippen molar-refractivity contribution in [3.05, 3.63) is 40.8 Å². The number of rotatable bonds is 5. The number of hydrogen-bond donors (Lipinski definition) is 0. The van der Waals surface area contributed by atoms with Crippen LogP contribution in [0.3, 0.4) is 0 Å². The minimum Gasteiger partial charge on any atom is -0.286 e. The van der Waals surface area contributed by atoms with Crippen LogP contribution in [0.2, 0.25) is 0 Å². The van der Waals surface area contributed by atoms with E-state index in [-0.39, 0.29) is 5.91 Å². The van der Waals surface area contributed by atoms with Gasteiger partial charge in [-0.05, 0) is 75.3 Å². The maximum atomic E-state index is 13.2. The van der Waals surface area contributed by atoms with Crippen LogP contribution in [0.25, 0.3) is 6.08 Å². The lowest BCUT2D eigenvalue weighted by Crippen LogP contribution is -2.43. The maximum absolute atomic E-state index is 13.2. The average molecular weight is 399 g/mol. The second-order valence-electron chi connectivity index (χ2n) is 7.84. The van der Waals surface area contributed by atoms with E-state index in [1.165, 1.54) is 50.3 Å². The molecule has 0 aliphatic carbocycles. The number of thioether (sulfide) groups is 1. The monoisotopic (exact) mass is 398 g/mol. The summed E-state index contributed by atoms with van der Waals surface area (Å²) in [6.45, 7) is 5.75. The van der Waals surface area contributed by atoms with E-state index in [1.54, 1.807) is 0 Å². The molecule has 1 aromatic rings. The van der Waals surface area contributed by atoms with E-state index < -0.39 is 0 Å². The van der Waals surface area contributed by atoms with Crippen molar-refractivity contribution in [3.8, 4) is 0 Å². The van der Waals surface area contributed by atoms with E-state index in [0.717, 1.165) is 41.8 Å². The number of aliphatic imine (C=N–C) groups is 1. The van der Waals surface area contributed by atoms with E-state index in [4.69, 9.17) is 4.99 Å². The van der Waals surface area contributed by atoms with Gasteiger partial charge in [0.05, 0.1) is 18.2 Å². The molecule has 3 heterocycles. The maximum Gasteiger partial charge on any atom is 0.267 e. The van der Waals surface area contributed by atoms with Crippen molar-refractivity contribution in [1.82, 2.24) is 14.7 Å². The van der Waals surface area contributed by atoms with Gasteiger partial charge in [0.15, 0.2) is 5.17 Å². The van der Waals surface area contributed by atoms with Crippen molar-refractivity contribution in [2.45, 2.75) is 38.5 Å². The normalized spacial score (nSPS) is 25.1. The molecule has 0 N–H and O–H groups in total. The molecule has 0 atom stereocenters. The van der Waals surface area contributed by atoms with Gasteiger partial charge in [0.25, 0.3) is 5.91 Å². The van der Waals surface area contributed by atoms with Crippen LogP contribution < -0.4 is 0 Å².